The van der Waals surface area contributed by atoms with E-state index in [1.54, 1.807) is 12.1 Å². The highest BCUT2D eigenvalue weighted by atomic mass is 32.1. The summed E-state index contributed by atoms with van der Waals surface area (Å²) in [5.74, 6) is -1.43. The van der Waals surface area contributed by atoms with Gasteiger partial charge in [-0.25, -0.2) is 0 Å². The van der Waals surface area contributed by atoms with E-state index in [1.807, 2.05) is 68.6 Å². The van der Waals surface area contributed by atoms with Gasteiger partial charge in [0, 0.05) is 16.1 Å². The van der Waals surface area contributed by atoms with Crippen molar-refractivity contribution in [3.05, 3.63) is 92.7 Å². The van der Waals surface area contributed by atoms with Gasteiger partial charge < -0.3 is 5.11 Å². The quantitative estimate of drug-likeness (QED) is 0.367. The summed E-state index contributed by atoms with van der Waals surface area (Å²) in [4.78, 5) is 28.5. The largest absolute Gasteiger partial charge is 0.507 e. The van der Waals surface area contributed by atoms with Crippen molar-refractivity contribution in [2.24, 2.45) is 0 Å². The summed E-state index contributed by atoms with van der Waals surface area (Å²) < 4.78 is 0. The number of hydrogen-bond donors (Lipinski definition) is 1. The predicted octanol–water partition coefficient (Wildman–Crippen LogP) is 5.30. The van der Waals surface area contributed by atoms with Crippen molar-refractivity contribution in [1.82, 2.24) is 0 Å². The van der Waals surface area contributed by atoms with E-state index in [4.69, 9.17) is 0 Å². The van der Waals surface area contributed by atoms with Crippen molar-refractivity contribution in [2.45, 2.75) is 26.8 Å². The van der Waals surface area contributed by atoms with Gasteiger partial charge in [-0.3, -0.25) is 14.5 Å². The van der Waals surface area contributed by atoms with Gasteiger partial charge in [0.25, 0.3) is 11.7 Å². The minimum absolute atomic E-state index is 0.127. The van der Waals surface area contributed by atoms with E-state index in [-0.39, 0.29) is 11.3 Å². The first-order chi connectivity index (χ1) is 13.9. The monoisotopic (exact) mass is 403 g/mol. The van der Waals surface area contributed by atoms with Crippen LogP contribution in [0.5, 0.6) is 0 Å². The molecule has 0 bridgehead atoms. The Morgan fingerprint density at radius 1 is 0.966 bits per heavy atom. The highest BCUT2D eigenvalue weighted by Gasteiger charge is 2.47. The molecule has 3 aromatic rings. The molecule has 1 amide bonds. The van der Waals surface area contributed by atoms with Crippen molar-refractivity contribution >= 4 is 34.5 Å². The number of benzene rings is 2. The minimum atomic E-state index is -0.664. The Labute approximate surface area is 173 Å². The maximum atomic E-state index is 13.1. The zero-order valence-corrected chi connectivity index (χ0v) is 17.3. The number of carbonyl (C=O) groups is 2. The van der Waals surface area contributed by atoms with Crippen molar-refractivity contribution < 1.29 is 14.7 Å². The van der Waals surface area contributed by atoms with Crippen LogP contribution in [-0.4, -0.2) is 16.8 Å². The van der Waals surface area contributed by atoms with Gasteiger partial charge in [0.05, 0.1) is 5.57 Å². The zero-order valence-electron chi connectivity index (χ0n) is 16.5. The van der Waals surface area contributed by atoms with E-state index in [9.17, 15) is 14.7 Å². The van der Waals surface area contributed by atoms with Gasteiger partial charge in [-0.05, 0) is 49.4 Å². The number of ketones is 1. The van der Waals surface area contributed by atoms with Crippen molar-refractivity contribution in [2.75, 3.05) is 4.90 Å². The highest BCUT2D eigenvalue weighted by molar-refractivity contribution is 7.10. The standard InChI is InChI=1S/C24H21NO3S/c1-14-9-11-17(12-10-14)22(26)20-21(19-8-5-13-29-19)25(24(28)23(20)27)18-7-4-6-15(2)16(18)3/h4-13,21,26H,1-3H3/b22-20-. The van der Waals surface area contributed by atoms with Crippen LogP contribution in [0.25, 0.3) is 5.76 Å². The third-order valence-electron chi connectivity index (χ3n) is 5.42. The van der Waals surface area contributed by atoms with Crippen LogP contribution < -0.4 is 4.90 Å². The maximum absolute atomic E-state index is 13.1. The molecular formula is C24H21NO3S. The Morgan fingerprint density at radius 2 is 1.69 bits per heavy atom. The molecule has 4 rings (SSSR count). The van der Waals surface area contributed by atoms with Crippen LogP contribution in [0.15, 0.2) is 65.6 Å². The number of rotatable bonds is 3. The Kier molecular flexibility index (Phi) is 4.84. The summed E-state index contributed by atoms with van der Waals surface area (Å²) in [6, 6.07) is 16.1. The predicted molar refractivity (Wildman–Crippen MR) is 116 cm³/mol. The second kappa shape index (κ2) is 7.33. The normalized spacial score (nSPS) is 18.4. The van der Waals surface area contributed by atoms with E-state index in [2.05, 4.69) is 0 Å². The topological polar surface area (TPSA) is 57.6 Å². The molecule has 2 heterocycles. The Hall–Kier alpha value is -3.18. The molecule has 1 aliphatic heterocycles. The summed E-state index contributed by atoms with van der Waals surface area (Å²) in [5, 5.41) is 12.9. The third-order valence-corrected chi connectivity index (χ3v) is 6.34. The molecule has 0 saturated carbocycles. The molecule has 146 valence electrons. The SMILES string of the molecule is Cc1ccc(/C(O)=C2/C(=O)C(=O)N(c3cccc(C)c3C)C2c2cccs2)cc1. The molecule has 1 aliphatic rings. The Balaban J connectivity index is 1.95. The van der Waals surface area contributed by atoms with Gasteiger partial charge in [-0.1, -0.05) is 48.0 Å². The van der Waals surface area contributed by atoms with Crippen LogP contribution in [0.3, 0.4) is 0 Å². The number of carbonyl (C=O) groups excluding carboxylic acids is 2. The lowest BCUT2D eigenvalue weighted by molar-refractivity contribution is -0.132. The first-order valence-electron chi connectivity index (χ1n) is 9.38. The van der Waals surface area contributed by atoms with E-state index >= 15 is 0 Å². The fourth-order valence-corrected chi connectivity index (χ4v) is 4.48. The van der Waals surface area contributed by atoms with Gasteiger partial charge in [0.1, 0.15) is 11.8 Å². The fourth-order valence-electron chi connectivity index (χ4n) is 3.66. The number of nitrogens with zero attached hydrogens (tertiary/aromatic N) is 1. The number of aryl methyl sites for hydroxylation is 2. The lowest BCUT2D eigenvalue weighted by Gasteiger charge is -2.26. The van der Waals surface area contributed by atoms with Gasteiger partial charge >= 0.3 is 0 Å². The third kappa shape index (κ3) is 3.17. The average Bonchev–Trinajstić information content (AvgIpc) is 3.32. The van der Waals surface area contributed by atoms with E-state index in [0.717, 1.165) is 21.6 Å². The molecular weight excluding hydrogens is 382 g/mol. The molecule has 1 unspecified atom stereocenters. The van der Waals surface area contributed by atoms with Crippen LogP contribution in [0.4, 0.5) is 5.69 Å². The smallest absolute Gasteiger partial charge is 0.300 e. The number of aliphatic hydroxyl groups excluding tert-OH is 1. The van der Waals surface area contributed by atoms with Crippen LogP contribution in [0.1, 0.15) is 33.2 Å². The Morgan fingerprint density at radius 3 is 2.34 bits per heavy atom. The lowest BCUT2D eigenvalue weighted by Crippen LogP contribution is -2.29. The lowest BCUT2D eigenvalue weighted by atomic mass is 9.99. The summed E-state index contributed by atoms with van der Waals surface area (Å²) in [6.45, 7) is 5.87. The molecule has 2 aromatic carbocycles. The summed E-state index contributed by atoms with van der Waals surface area (Å²) in [6.07, 6.45) is 0. The number of hydrogen-bond acceptors (Lipinski definition) is 4. The first-order valence-corrected chi connectivity index (χ1v) is 10.3. The van der Waals surface area contributed by atoms with E-state index in [0.29, 0.717) is 11.3 Å². The molecule has 29 heavy (non-hydrogen) atoms. The molecule has 1 N–H and O–H groups in total. The number of anilines is 1. The summed E-state index contributed by atoms with van der Waals surface area (Å²) >= 11 is 1.46. The van der Waals surface area contributed by atoms with Crippen LogP contribution >= 0.6 is 11.3 Å². The number of amides is 1. The fraction of sp³-hybridized carbons (Fsp3) is 0.167. The molecule has 1 fully saturated rings. The Bertz CT molecular complexity index is 1130. The van der Waals surface area contributed by atoms with E-state index < -0.39 is 17.7 Å². The highest BCUT2D eigenvalue weighted by Crippen LogP contribution is 2.44. The molecule has 5 heteroatoms. The second-order valence-electron chi connectivity index (χ2n) is 7.27. The molecule has 1 atom stereocenters. The average molecular weight is 404 g/mol. The van der Waals surface area contributed by atoms with Gasteiger partial charge in [0.2, 0.25) is 0 Å². The molecule has 0 aliphatic carbocycles. The van der Waals surface area contributed by atoms with Gasteiger partial charge in [0.15, 0.2) is 0 Å². The molecule has 1 aromatic heterocycles. The van der Waals surface area contributed by atoms with Crippen molar-refractivity contribution in [3.63, 3.8) is 0 Å². The van der Waals surface area contributed by atoms with Crippen LogP contribution in [-0.2, 0) is 9.59 Å². The number of Topliss-reactive ketones (excluding diaryl/α,β-unsaturated/α-hetero) is 1. The van der Waals surface area contributed by atoms with Crippen molar-refractivity contribution in [1.29, 1.82) is 0 Å². The molecule has 0 spiro atoms. The summed E-state index contributed by atoms with van der Waals surface area (Å²) in [7, 11) is 0. The first kappa shape index (κ1) is 19.2. The van der Waals surface area contributed by atoms with Crippen LogP contribution in [0, 0.1) is 20.8 Å². The number of thiophene rings is 1. The van der Waals surface area contributed by atoms with Gasteiger partial charge in [-0.15, -0.1) is 11.3 Å². The molecule has 1 saturated heterocycles. The van der Waals surface area contributed by atoms with Gasteiger partial charge in [-0.2, -0.15) is 0 Å². The second-order valence-corrected chi connectivity index (χ2v) is 8.25. The zero-order chi connectivity index (χ0) is 20.7. The minimum Gasteiger partial charge on any atom is -0.507 e. The number of aliphatic hydroxyl groups is 1. The van der Waals surface area contributed by atoms with Crippen molar-refractivity contribution in [3.8, 4) is 0 Å². The summed E-state index contributed by atoms with van der Waals surface area (Å²) in [5.41, 5.74) is 4.36. The van der Waals surface area contributed by atoms with Crippen LogP contribution in [0.2, 0.25) is 0 Å². The molecule has 0 radical (unpaired) electrons. The van der Waals surface area contributed by atoms with E-state index in [1.165, 1.54) is 16.2 Å². The maximum Gasteiger partial charge on any atom is 0.300 e. The molecule has 4 nitrogen and oxygen atoms in total.